The van der Waals surface area contributed by atoms with Gasteiger partial charge in [0.2, 0.25) is 5.91 Å². The van der Waals surface area contributed by atoms with Gasteiger partial charge in [-0.05, 0) is 40.2 Å². The molecule has 2 aromatic heterocycles. The molecule has 0 spiro atoms. The molecule has 0 aliphatic rings. The topological polar surface area (TPSA) is 91.3 Å². The molecule has 0 aliphatic carbocycles. The number of carbonyl (C=O) groups is 2. The zero-order valence-corrected chi connectivity index (χ0v) is 12.5. The number of amides is 2. The van der Waals surface area contributed by atoms with Gasteiger partial charge in [-0.3, -0.25) is 9.59 Å². The molecule has 2 heterocycles. The predicted octanol–water partition coefficient (Wildman–Crippen LogP) is 1.98. The molecule has 0 unspecified atom stereocenters. The van der Waals surface area contributed by atoms with Crippen molar-refractivity contribution in [2.45, 2.75) is 0 Å². The van der Waals surface area contributed by atoms with Crippen LogP contribution >= 0.6 is 27.3 Å². The van der Waals surface area contributed by atoms with E-state index < -0.39 is 5.91 Å². The number of halogens is 1. The van der Waals surface area contributed by atoms with Crippen LogP contribution in [0.5, 0.6) is 5.75 Å². The van der Waals surface area contributed by atoms with Gasteiger partial charge in [-0.1, -0.05) is 0 Å². The summed E-state index contributed by atoms with van der Waals surface area (Å²) < 4.78 is 0.838. The van der Waals surface area contributed by atoms with Crippen molar-refractivity contribution in [1.82, 2.24) is 10.3 Å². The summed E-state index contributed by atoms with van der Waals surface area (Å²) in [6.07, 6.45) is 1.44. The number of pyridine rings is 1. The highest BCUT2D eigenvalue weighted by atomic mass is 79.9. The highest BCUT2D eigenvalue weighted by molar-refractivity contribution is 9.11. The van der Waals surface area contributed by atoms with Gasteiger partial charge in [0.1, 0.15) is 0 Å². The van der Waals surface area contributed by atoms with Crippen molar-refractivity contribution >= 4 is 44.9 Å². The molecule has 0 aliphatic heterocycles. The second-order valence-electron chi connectivity index (χ2n) is 3.71. The van der Waals surface area contributed by atoms with Crippen molar-refractivity contribution in [3.05, 3.63) is 39.1 Å². The Balaban J connectivity index is 1.87. The average Bonchev–Trinajstić information content (AvgIpc) is 2.85. The number of aromatic nitrogens is 1. The van der Waals surface area contributed by atoms with Crippen molar-refractivity contribution in [3.8, 4) is 5.75 Å². The number of aromatic hydroxyl groups is 1. The summed E-state index contributed by atoms with van der Waals surface area (Å²) in [6.45, 7) is -0.204. The van der Waals surface area contributed by atoms with Gasteiger partial charge in [-0.2, -0.15) is 0 Å². The Hall–Kier alpha value is -1.93. The van der Waals surface area contributed by atoms with Gasteiger partial charge < -0.3 is 15.7 Å². The summed E-state index contributed by atoms with van der Waals surface area (Å²) in [6, 6.07) is 6.37. The van der Waals surface area contributed by atoms with Gasteiger partial charge in [0, 0.05) is 6.20 Å². The van der Waals surface area contributed by atoms with E-state index in [4.69, 9.17) is 0 Å². The maximum Gasteiger partial charge on any atom is 0.261 e. The van der Waals surface area contributed by atoms with Crippen LogP contribution in [-0.2, 0) is 4.79 Å². The molecule has 2 aromatic rings. The monoisotopic (exact) mass is 355 g/mol. The first kappa shape index (κ1) is 14.5. The number of nitrogens with one attached hydrogen (secondary N) is 2. The molecule has 0 atom stereocenters. The Kier molecular flexibility index (Phi) is 4.70. The van der Waals surface area contributed by atoms with Crippen molar-refractivity contribution in [2.75, 3.05) is 11.9 Å². The maximum absolute atomic E-state index is 11.7. The van der Waals surface area contributed by atoms with E-state index in [0.717, 1.165) is 3.79 Å². The van der Waals surface area contributed by atoms with E-state index in [0.29, 0.717) is 4.88 Å². The van der Waals surface area contributed by atoms with Crippen LogP contribution in [0.1, 0.15) is 9.67 Å². The van der Waals surface area contributed by atoms with Crippen LogP contribution < -0.4 is 10.6 Å². The van der Waals surface area contributed by atoms with Crippen LogP contribution in [0.3, 0.4) is 0 Å². The van der Waals surface area contributed by atoms with E-state index in [1.54, 1.807) is 18.2 Å². The third kappa shape index (κ3) is 3.78. The molecular weight excluding hydrogens is 346 g/mol. The second-order valence-corrected chi connectivity index (χ2v) is 6.17. The van der Waals surface area contributed by atoms with Gasteiger partial charge in [-0.25, -0.2) is 4.98 Å². The lowest BCUT2D eigenvalue weighted by molar-refractivity contribution is -0.115. The van der Waals surface area contributed by atoms with Crippen molar-refractivity contribution in [1.29, 1.82) is 0 Å². The van der Waals surface area contributed by atoms with Gasteiger partial charge in [-0.15, -0.1) is 11.3 Å². The Morgan fingerprint density at radius 2 is 2.15 bits per heavy atom. The maximum atomic E-state index is 11.7. The smallest absolute Gasteiger partial charge is 0.261 e. The molecule has 0 saturated heterocycles. The van der Waals surface area contributed by atoms with Crippen LogP contribution in [-0.4, -0.2) is 28.4 Å². The van der Waals surface area contributed by atoms with E-state index in [1.807, 2.05) is 0 Å². The third-order valence-electron chi connectivity index (χ3n) is 2.25. The highest BCUT2D eigenvalue weighted by Gasteiger charge is 2.11. The molecule has 20 heavy (non-hydrogen) atoms. The van der Waals surface area contributed by atoms with Crippen LogP contribution in [0.4, 0.5) is 5.82 Å². The molecule has 2 rings (SSSR count). The molecule has 2 amide bonds. The first-order valence-electron chi connectivity index (χ1n) is 5.53. The molecule has 0 radical (unpaired) electrons. The lowest BCUT2D eigenvalue weighted by Gasteiger charge is -2.06. The molecule has 104 valence electrons. The lowest BCUT2D eigenvalue weighted by Crippen LogP contribution is -2.32. The summed E-state index contributed by atoms with van der Waals surface area (Å²) in [5, 5.41) is 14.3. The van der Waals surface area contributed by atoms with Gasteiger partial charge in [0.05, 0.1) is 15.2 Å². The molecule has 0 saturated carbocycles. The third-order valence-corrected chi connectivity index (χ3v) is 3.87. The molecule has 0 aromatic carbocycles. The predicted molar refractivity (Wildman–Crippen MR) is 78.9 cm³/mol. The number of carbonyl (C=O) groups excluding carboxylic acids is 2. The number of anilines is 1. The molecule has 6 nitrogen and oxygen atoms in total. The zero-order valence-electron chi connectivity index (χ0n) is 10.1. The Morgan fingerprint density at radius 3 is 2.80 bits per heavy atom. The molecular formula is C12H10BrN3O3S. The normalized spacial score (nSPS) is 10.1. The number of thiophene rings is 1. The molecule has 8 heteroatoms. The Labute approximate surface area is 127 Å². The fourth-order valence-electron chi connectivity index (χ4n) is 1.35. The molecule has 0 bridgehead atoms. The van der Waals surface area contributed by atoms with Gasteiger partial charge >= 0.3 is 0 Å². The first-order valence-corrected chi connectivity index (χ1v) is 7.14. The van der Waals surface area contributed by atoms with Crippen molar-refractivity contribution in [3.63, 3.8) is 0 Å². The van der Waals surface area contributed by atoms with Crippen LogP contribution in [0, 0.1) is 0 Å². The summed E-state index contributed by atoms with van der Waals surface area (Å²) in [7, 11) is 0. The van der Waals surface area contributed by atoms with E-state index in [-0.39, 0.29) is 24.0 Å². The van der Waals surface area contributed by atoms with Crippen molar-refractivity contribution < 1.29 is 14.7 Å². The minimum absolute atomic E-state index is 0.0608. The van der Waals surface area contributed by atoms with Crippen LogP contribution in [0.25, 0.3) is 0 Å². The summed E-state index contributed by atoms with van der Waals surface area (Å²) in [5.74, 6) is -0.871. The van der Waals surface area contributed by atoms with Crippen LogP contribution in [0.2, 0.25) is 0 Å². The van der Waals surface area contributed by atoms with Crippen LogP contribution in [0.15, 0.2) is 34.2 Å². The van der Waals surface area contributed by atoms with Gasteiger partial charge in [0.15, 0.2) is 11.6 Å². The SMILES string of the molecule is O=C(CNC(=O)c1ccc(Br)s1)Nc1ncccc1O. The highest BCUT2D eigenvalue weighted by Crippen LogP contribution is 2.21. The largest absolute Gasteiger partial charge is 0.504 e. The Bertz CT molecular complexity index is 644. The van der Waals surface area contributed by atoms with E-state index >= 15 is 0 Å². The Morgan fingerprint density at radius 1 is 1.35 bits per heavy atom. The molecule has 0 fully saturated rings. The first-order chi connectivity index (χ1) is 9.56. The number of hydrogen-bond acceptors (Lipinski definition) is 5. The quantitative estimate of drug-likeness (QED) is 0.781. The minimum Gasteiger partial charge on any atom is -0.504 e. The van der Waals surface area contributed by atoms with E-state index in [1.165, 1.54) is 23.6 Å². The standard InChI is InChI=1S/C12H10BrN3O3S/c13-9-4-3-8(20-9)12(19)15-6-10(18)16-11-7(17)2-1-5-14-11/h1-5,17H,6H2,(H,15,19)(H,14,16,18). The lowest BCUT2D eigenvalue weighted by atomic mass is 10.4. The summed E-state index contributed by atoms with van der Waals surface area (Å²) in [5.41, 5.74) is 0. The molecule has 3 N–H and O–H groups in total. The number of nitrogens with zero attached hydrogens (tertiary/aromatic N) is 1. The minimum atomic E-state index is -0.469. The van der Waals surface area contributed by atoms with E-state index in [9.17, 15) is 14.7 Å². The zero-order chi connectivity index (χ0) is 14.5. The second kappa shape index (κ2) is 6.49. The van der Waals surface area contributed by atoms with Crippen molar-refractivity contribution in [2.24, 2.45) is 0 Å². The number of hydrogen-bond donors (Lipinski definition) is 3. The van der Waals surface area contributed by atoms with E-state index in [2.05, 4.69) is 31.5 Å². The summed E-state index contributed by atoms with van der Waals surface area (Å²) >= 11 is 4.53. The fourth-order valence-corrected chi connectivity index (χ4v) is 2.66. The number of rotatable bonds is 4. The fraction of sp³-hybridized carbons (Fsp3) is 0.0833. The summed E-state index contributed by atoms with van der Waals surface area (Å²) in [4.78, 5) is 27.7. The average molecular weight is 356 g/mol. The van der Waals surface area contributed by atoms with Gasteiger partial charge in [0.25, 0.3) is 5.91 Å².